The van der Waals surface area contributed by atoms with Crippen molar-refractivity contribution in [3.05, 3.63) is 0 Å². The van der Waals surface area contributed by atoms with Crippen molar-refractivity contribution in [1.29, 1.82) is 0 Å². The van der Waals surface area contributed by atoms with Gasteiger partial charge in [-0.3, -0.25) is 4.79 Å². The lowest BCUT2D eigenvalue weighted by molar-refractivity contribution is -0.146. The van der Waals surface area contributed by atoms with E-state index in [-0.39, 0.29) is 11.9 Å². The van der Waals surface area contributed by atoms with Crippen molar-refractivity contribution >= 4 is 5.97 Å². The third-order valence-corrected chi connectivity index (χ3v) is 3.60. The van der Waals surface area contributed by atoms with E-state index in [0.717, 1.165) is 19.3 Å². The van der Waals surface area contributed by atoms with Crippen LogP contribution in [0, 0.1) is 5.92 Å². The van der Waals surface area contributed by atoms with Crippen LogP contribution in [0.5, 0.6) is 0 Å². The largest absolute Gasteiger partial charge is 0.469 e. The Kier molecular flexibility index (Phi) is 12.5. The van der Waals surface area contributed by atoms with E-state index in [9.17, 15) is 4.79 Å². The molecule has 18 heavy (non-hydrogen) atoms. The molecule has 0 amide bonds. The van der Waals surface area contributed by atoms with E-state index in [0.29, 0.717) is 0 Å². The predicted octanol–water partition coefficient (Wildman–Crippen LogP) is 5.11. The lowest BCUT2D eigenvalue weighted by Crippen LogP contribution is -2.16. The first-order chi connectivity index (χ1) is 8.76. The number of carbonyl (C=O) groups is 1. The zero-order chi connectivity index (χ0) is 13.6. The molecule has 0 aliphatic heterocycles. The molecule has 0 spiro atoms. The van der Waals surface area contributed by atoms with Crippen LogP contribution in [0.25, 0.3) is 0 Å². The maximum atomic E-state index is 11.7. The predicted molar refractivity (Wildman–Crippen MR) is 77.6 cm³/mol. The van der Waals surface area contributed by atoms with Crippen molar-refractivity contribution < 1.29 is 9.53 Å². The molecule has 108 valence electrons. The highest BCUT2D eigenvalue weighted by molar-refractivity contribution is 5.72. The van der Waals surface area contributed by atoms with Gasteiger partial charge in [0.15, 0.2) is 0 Å². The van der Waals surface area contributed by atoms with Crippen molar-refractivity contribution in [3.63, 3.8) is 0 Å². The van der Waals surface area contributed by atoms with Gasteiger partial charge in [-0.1, -0.05) is 71.6 Å². The standard InChI is InChI=1S/C16H32O2/c1-4-6-8-9-10-12-14-15(16(17)18-3)13-11-7-5-2/h15H,4-14H2,1-3H3. The normalized spacial score (nSPS) is 12.4. The molecule has 1 atom stereocenters. The molecule has 0 N–H and O–H groups in total. The summed E-state index contributed by atoms with van der Waals surface area (Å²) in [6.07, 6.45) is 13.4. The molecular formula is C16H32O2. The minimum absolute atomic E-state index is 0.000314. The van der Waals surface area contributed by atoms with Crippen LogP contribution in [-0.2, 0) is 9.53 Å². The molecule has 0 fully saturated rings. The zero-order valence-electron chi connectivity index (χ0n) is 12.7. The summed E-state index contributed by atoms with van der Waals surface area (Å²) in [7, 11) is 1.51. The van der Waals surface area contributed by atoms with Crippen LogP contribution in [0.15, 0.2) is 0 Å². The van der Waals surface area contributed by atoms with Gasteiger partial charge in [0.05, 0.1) is 13.0 Å². The van der Waals surface area contributed by atoms with Crippen LogP contribution in [0.3, 0.4) is 0 Å². The van der Waals surface area contributed by atoms with Gasteiger partial charge in [-0.15, -0.1) is 0 Å². The SMILES string of the molecule is CCCCCCCCC(CCCCC)C(=O)OC. The zero-order valence-corrected chi connectivity index (χ0v) is 12.7. The van der Waals surface area contributed by atoms with Crippen molar-refractivity contribution in [2.24, 2.45) is 5.92 Å². The Morgan fingerprint density at radius 3 is 1.83 bits per heavy atom. The first-order valence-electron chi connectivity index (χ1n) is 7.84. The summed E-state index contributed by atoms with van der Waals surface area (Å²) in [6.45, 7) is 4.43. The summed E-state index contributed by atoms with van der Waals surface area (Å²) in [5, 5.41) is 0. The average molecular weight is 256 g/mol. The van der Waals surface area contributed by atoms with Gasteiger partial charge in [-0.05, 0) is 12.8 Å². The molecule has 0 aromatic carbocycles. The minimum atomic E-state index is -0.000314. The molecule has 0 rings (SSSR count). The van der Waals surface area contributed by atoms with Crippen LogP contribution < -0.4 is 0 Å². The number of hydrogen-bond acceptors (Lipinski definition) is 2. The molecule has 0 aromatic heterocycles. The molecule has 0 saturated heterocycles. The molecular weight excluding hydrogens is 224 g/mol. The second-order valence-electron chi connectivity index (χ2n) is 5.27. The van der Waals surface area contributed by atoms with Gasteiger partial charge in [-0.2, -0.15) is 0 Å². The fourth-order valence-electron chi connectivity index (χ4n) is 2.36. The van der Waals surface area contributed by atoms with Gasteiger partial charge in [0.25, 0.3) is 0 Å². The van der Waals surface area contributed by atoms with Gasteiger partial charge >= 0.3 is 5.97 Å². The quantitative estimate of drug-likeness (QED) is 0.358. The van der Waals surface area contributed by atoms with Crippen molar-refractivity contribution in [1.82, 2.24) is 0 Å². The highest BCUT2D eigenvalue weighted by atomic mass is 16.5. The first kappa shape index (κ1) is 17.5. The average Bonchev–Trinajstić information content (AvgIpc) is 2.40. The number of rotatable bonds is 12. The van der Waals surface area contributed by atoms with Crippen molar-refractivity contribution in [2.75, 3.05) is 7.11 Å². The maximum Gasteiger partial charge on any atom is 0.308 e. The first-order valence-corrected chi connectivity index (χ1v) is 7.84. The lowest BCUT2D eigenvalue weighted by Gasteiger charge is -2.14. The van der Waals surface area contributed by atoms with E-state index in [4.69, 9.17) is 4.74 Å². The van der Waals surface area contributed by atoms with Crippen molar-refractivity contribution in [2.45, 2.75) is 84.5 Å². The van der Waals surface area contributed by atoms with Crippen LogP contribution >= 0.6 is 0 Å². The van der Waals surface area contributed by atoms with Gasteiger partial charge < -0.3 is 4.74 Å². The number of carbonyl (C=O) groups excluding carboxylic acids is 1. The van der Waals surface area contributed by atoms with E-state index >= 15 is 0 Å². The van der Waals surface area contributed by atoms with Crippen molar-refractivity contribution in [3.8, 4) is 0 Å². The van der Waals surface area contributed by atoms with Crippen LogP contribution in [0.2, 0.25) is 0 Å². The molecule has 0 aliphatic carbocycles. The molecule has 0 heterocycles. The number of ether oxygens (including phenoxy) is 1. The molecule has 0 bridgehead atoms. The Bertz CT molecular complexity index is 190. The van der Waals surface area contributed by atoms with Gasteiger partial charge in [0.2, 0.25) is 0 Å². The second-order valence-corrected chi connectivity index (χ2v) is 5.27. The molecule has 0 saturated carbocycles. The minimum Gasteiger partial charge on any atom is -0.469 e. The Hall–Kier alpha value is -0.530. The summed E-state index contributed by atoms with van der Waals surface area (Å²) < 4.78 is 4.90. The molecule has 0 aliphatic rings. The summed E-state index contributed by atoms with van der Waals surface area (Å²) in [5.74, 6) is 0.146. The summed E-state index contributed by atoms with van der Waals surface area (Å²) in [6, 6.07) is 0. The monoisotopic (exact) mass is 256 g/mol. The highest BCUT2D eigenvalue weighted by Crippen LogP contribution is 2.19. The second kappa shape index (κ2) is 12.9. The van der Waals surface area contributed by atoms with E-state index in [2.05, 4.69) is 13.8 Å². The molecule has 0 aromatic rings. The van der Waals surface area contributed by atoms with E-state index in [1.807, 2.05) is 0 Å². The third-order valence-electron chi connectivity index (χ3n) is 3.60. The maximum absolute atomic E-state index is 11.7. The van der Waals surface area contributed by atoms with Crippen LogP contribution in [-0.4, -0.2) is 13.1 Å². The fourth-order valence-corrected chi connectivity index (χ4v) is 2.36. The fraction of sp³-hybridized carbons (Fsp3) is 0.938. The number of methoxy groups -OCH3 is 1. The smallest absolute Gasteiger partial charge is 0.308 e. The number of esters is 1. The van der Waals surface area contributed by atoms with Gasteiger partial charge in [0, 0.05) is 0 Å². The van der Waals surface area contributed by atoms with E-state index in [1.54, 1.807) is 0 Å². The summed E-state index contributed by atoms with van der Waals surface area (Å²) >= 11 is 0. The topological polar surface area (TPSA) is 26.3 Å². The van der Waals surface area contributed by atoms with Crippen LogP contribution in [0.1, 0.15) is 84.5 Å². The summed E-state index contributed by atoms with van der Waals surface area (Å²) in [4.78, 5) is 11.7. The van der Waals surface area contributed by atoms with Crippen LogP contribution in [0.4, 0.5) is 0 Å². The number of hydrogen-bond donors (Lipinski definition) is 0. The summed E-state index contributed by atoms with van der Waals surface area (Å²) in [5.41, 5.74) is 0. The van der Waals surface area contributed by atoms with Gasteiger partial charge in [0.1, 0.15) is 0 Å². The Morgan fingerprint density at radius 2 is 1.28 bits per heavy atom. The number of unbranched alkanes of at least 4 members (excludes halogenated alkanes) is 7. The highest BCUT2D eigenvalue weighted by Gasteiger charge is 2.17. The molecule has 1 unspecified atom stereocenters. The Morgan fingerprint density at radius 1 is 0.833 bits per heavy atom. The van der Waals surface area contributed by atoms with Gasteiger partial charge in [-0.25, -0.2) is 0 Å². The van der Waals surface area contributed by atoms with E-state index < -0.39 is 0 Å². The molecule has 2 nitrogen and oxygen atoms in total. The molecule has 2 heteroatoms. The lowest BCUT2D eigenvalue weighted by atomic mass is 9.94. The Balaban J connectivity index is 3.69. The van der Waals surface area contributed by atoms with E-state index in [1.165, 1.54) is 58.5 Å². The molecule has 0 radical (unpaired) electrons. The third kappa shape index (κ3) is 9.49. The Labute approximate surface area is 113 Å².